The summed E-state index contributed by atoms with van der Waals surface area (Å²) in [5, 5.41) is 11.9. The molecular formula is C23H19NO3S. The molecule has 2 aromatic heterocycles. The maximum absolute atomic E-state index is 12.4. The first-order chi connectivity index (χ1) is 13.5. The fraction of sp³-hybridized carbons (Fsp3) is 0.130. The average molecular weight is 389 g/mol. The van der Waals surface area contributed by atoms with Gasteiger partial charge in [-0.15, -0.1) is 11.3 Å². The highest BCUT2D eigenvalue weighted by Crippen LogP contribution is 2.40. The first-order valence-electron chi connectivity index (χ1n) is 8.91. The number of carbonyl (C=O) groups excluding carboxylic acids is 1. The van der Waals surface area contributed by atoms with E-state index in [1.165, 1.54) is 0 Å². The first kappa shape index (κ1) is 18.2. The maximum Gasteiger partial charge on any atom is 0.337 e. The third-order valence-corrected chi connectivity index (χ3v) is 6.38. The molecule has 4 nitrogen and oxygen atoms in total. The number of allylic oxidation sites excluding steroid dienone is 1. The number of aliphatic carboxylic acids is 1. The zero-order valence-corrected chi connectivity index (χ0v) is 16.6. The Morgan fingerprint density at radius 3 is 2.32 bits per heavy atom. The highest BCUT2D eigenvalue weighted by molar-refractivity contribution is 7.19. The topological polar surface area (TPSA) is 59.3 Å². The van der Waals surface area contributed by atoms with Gasteiger partial charge in [-0.1, -0.05) is 36.4 Å². The van der Waals surface area contributed by atoms with Gasteiger partial charge in [0.05, 0.1) is 5.57 Å². The second-order valence-electron chi connectivity index (χ2n) is 6.78. The predicted octanol–water partition coefficient (Wildman–Crippen LogP) is 5.20. The molecule has 0 aliphatic carbocycles. The van der Waals surface area contributed by atoms with Crippen molar-refractivity contribution < 1.29 is 14.7 Å². The third kappa shape index (κ3) is 2.59. The number of thiophene rings is 1. The van der Waals surface area contributed by atoms with Crippen LogP contribution in [0.25, 0.3) is 32.1 Å². The van der Waals surface area contributed by atoms with Crippen LogP contribution in [-0.2, 0) is 16.6 Å². The van der Waals surface area contributed by atoms with Gasteiger partial charge in [-0.05, 0) is 26.0 Å². The van der Waals surface area contributed by atoms with Crippen molar-refractivity contribution in [2.45, 2.75) is 13.8 Å². The van der Waals surface area contributed by atoms with Gasteiger partial charge in [-0.25, -0.2) is 4.79 Å². The minimum atomic E-state index is -1.10. The van der Waals surface area contributed by atoms with Gasteiger partial charge in [0.1, 0.15) is 0 Å². The summed E-state index contributed by atoms with van der Waals surface area (Å²) in [6.07, 6.45) is 0.685. The Bertz CT molecular complexity index is 1290. The van der Waals surface area contributed by atoms with Crippen LogP contribution in [0.5, 0.6) is 0 Å². The van der Waals surface area contributed by atoms with Gasteiger partial charge in [0.2, 0.25) is 0 Å². The van der Waals surface area contributed by atoms with Gasteiger partial charge in [0.25, 0.3) is 0 Å². The summed E-state index contributed by atoms with van der Waals surface area (Å²) < 4.78 is 3.00. The molecular weight excluding hydrogens is 370 g/mol. The number of nitrogens with zero attached hydrogens (tertiary/aromatic N) is 1. The molecule has 0 radical (unpaired) electrons. The summed E-state index contributed by atoms with van der Waals surface area (Å²) in [5.74, 6) is -1.10. The Labute approximate surface area is 166 Å². The number of carboxylic acid groups (broad SMARTS) is 1. The van der Waals surface area contributed by atoms with Crippen LogP contribution < -0.4 is 0 Å². The third-order valence-electron chi connectivity index (χ3n) is 5.29. The van der Waals surface area contributed by atoms with Crippen molar-refractivity contribution in [1.82, 2.24) is 4.57 Å². The number of aromatic nitrogens is 1. The van der Waals surface area contributed by atoms with Crippen molar-refractivity contribution in [3.8, 4) is 0 Å². The molecule has 0 fully saturated rings. The Morgan fingerprint density at radius 1 is 1.00 bits per heavy atom. The minimum absolute atomic E-state index is 0.0596. The van der Waals surface area contributed by atoms with Crippen molar-refractivity contribution in [1.29, 1.82) is 0 Å². The van der Waals surface area contributed by atoms with E-state index >= 15 is 0 Å². The van der Waals surface area contributed by atoms with Crippen LogP contribution in [0.15, 0.2) is 48.5 Å². The summed E-state index contributed by atoms with van der Waals surface area (Å²) in [7, 11) is 1.93. The summed E-state index contributed by atoms with van der Waals surface area (Å²) >= 11 is 1.54. The van der Waals surface area contributed by atoms with E-state index < -0.39 is 5.97 Å². The van der Waals surface area contributed by atoms with Gasteiger partial charge in [-0.2, -0.15) is 0 Å². The van der Waals surface area contributed by atoms with Crippen molar-refractivity contribution in [2.75, 3.05) is 0 Å². The lowest BCUT2D eigenvalue weighted by molar-refractivity contribution is -0.130. The van der Waals surface area contributed by atoms with E-state index in [2.05, 4.69) is 0 Å². The molecule has 0 saturated carbocycles. The number of benzene rings is 2. The molecule has 0 atom stereocenters. The molecule has 0 unspecified atom stereocenters. The van der Waals surface area contributed by atoms with E-state index in [-0.39, 0.29) is 11.1 Å². The number of aryl methyl sites for hydroxylation is 2. The summed E-state index contributed by atoms with van der Waals surface area (Å²) in [6, 6.07) is 15.4. The second-order valence-corrected chi connectivity index (χ2v) is 8.03. The molecule has 2 heterocycles. The summed E-state index contributed by atoms with van der Waals surface area (Å²) in [6.45, 7) is 3.82. The van der Waals surface area contributed by atoms with Crippen molar-refractivity contribution >= 4 is 55.7 Å². The number of aldehydes is 1. The number of fused-ring (bicyclic) bond motifs is 2. The summed E-state index contributed by atoms with van der Waals surface area (Å²) in [4.78, 5) is 25.6. The normalized spacial score (nSPS) is 12.4. The lowest BCUT2D eigenvalue weighted by Crippen LogP contribution is -2.06. The van der Waals surface area contributed by atoms with Gasteiger partial charge in [0, 0.05) is 55.3 Å². The largest absolute Gasteiger partial charge is 0.478 e. The van der Waals surface area contributed by atoms with E-state index in [9.17, 15) is 14.7 Å². The van der Waals surface area contributed by atoms with Crippen LogP contribution in [0.3, 0.4) is 0 Å². The first-order valence-corrected chi connectivity index (χ1v) is 9.73. The smallest absolute Gasteiger partial charge is 0.337 e. The number of hydrogen-bond donors (Lipinski definition) is 1. The zero-order valence-electron chi connectivity index (χ0n) is 15.8. The van der Waals surface area contributed by atoms with E-state index in [1.807, 2.05) is 74.0 Å². The van der Waals surface area contributed by atoms with E-state index in [0.29, 0.717) is 17.4 Å². The zero-order chi connectivity index (χ0) is 20.0. The predicted molar refractivity (Wildman–Crippen MR) is 115 cm³/mol. The second kappa shape index (κ2) is 6.77. The van der Waals surface area contributed by atoms with E-state index in [4.69, 9.17) is 0 Å². The molecule has 0 bridgehead atoms. The van der Waals surface area contributed by atoms with Crippen LogP contribution >= 0.6 is 11.3 Å². The highest BCUT2D eigenvalue weighted by atomic mass is 32.1. The van der Waals surface area contributed by atoms with Crippen LogP contribution in [-0.4, -0.2) is 21.9 Å². The Balaban J connectivity index is 2.16. The van der Waals surface area contributed by atoms with Gasteiger partial charge in [0.15, 0.2) is 6.29 Å². The Morgan fingerprint density at radius 2 is 1.64 bits per heavy atom. The van der Waals surface area contributed by atoms with Crippen LogP contribution in [0.2, 0.25) is 0 Å². The molecule has 5 heteroatoms. The van der Waals surface area contributed by atoms with Crippen LogP contribution in [0.4, 0.5) is 0 Å². The van der Waals surface area contributed by atoms with Crippen molar-refractivity contribution in [3.05, 3.63) is 70.2 Å². The monoisotopic (exact) mass is 389 g/mol. The minimum Gasteiger partial charge on any atom is -0.478 e. The van der Waals surface area contributed by atoms with Gasteiger partial charge in [-0.3, -0.25) is 4.79 Å². The number of carbonyl (C=O) groups is 2. The molecule has 28 heavy (non-hydrogen) atoms. The van der Waals surface area contributed by atoms with Gasteiger partial charge < -0.3 is 9.67 Å². The molecule has 2 aromatic carbocycles. The molecule has 4 rings (SSSR count). The molecule has 140 valence electrons. The maximum atomic E-state index is 12.4. The summed E-state index contributed by atoms with van der Waals surface area (Å²) in [5.41, 5.74) is 3.41. The molecule has 0 spiro atoms. The highest BCUT2D eigenvalue weighted by Gasteiger charge is 2.26. The number of carboxylic acids is 1. The van der Waals surface area contributed by atoms with Crippen LogP contribution in [0, 0.1) is 13.8 Å². The fourth-order valence-corrected chi connectivity index (χ4v) is 5.01. The Hall–Kier alpha value is -3.18. The fourth-order valence-electron chi connectivity index (χ4n) is 3.94. The van der Waals surface area contributed by atoms with Crippen LogP contribution in [0.1, 0.15) is 21.7 Å². The van der Waals surface area contributed by atoms with Crippen molar-refractivity contribution in [3.63, 3.8) is 0 Å². The van der Waals surface area contributed by atoms with E-state index in [0.717, 1.165) is 31.6 Å². The molecule has 0 aliphatic rings. The van der Waals surface area contributed by atoms with Gasteiger partial charge >= 0.3 is 5.97 Å². The van der Waals surface area contributed by atoms with Crippen molar-refractivity contribution in [2.24, 2.45) is 7.05 Å². The SMILES string of the molecule is Cc1sc2ccccc2c1/C(C(=O)O)=C(/C=O)c1c(C)n(C)c2ccccc12. The van der Waals surface area contributed by atoms with E-state index in [1.54, 1.807) is 11.3 Å². The quantitative estimate of drug-likeness (QED) is 0.385. The lowest BCUT2D eigenvalue weighted by atomic mass is 9.92. The lowest BCUT2D eigenvalue weighted by Gasteiger charge is -2.10. The molecule has 0 saturated heterocycles. The average Bonchev–Trinajstić information content (AvgIpc) is 3.14. The molecule has 1 N–H and O–H groups in total. The molecule has 4 aromatic rings. The standard InChI is InChI=1S/C23H19NO3S/c1-13-20(15-8-4-6-10-18(15)24(13)3)17(12-25)22(23(26)27)21-14(2)28-19-11-7-5-9-16(19)21/h4-12H,1-3H3,(H,26,27)/b22-17+. The molecule has 0 aliphatic heterocycles. The number of hydrogen-bond acceptors (Lipinski definition) is 3. The molecule has 0 amide bonds. The number of rotatable bonds is 4. The Kier molecular flexibility index (Phi) is 4.40. The number of para-hydroxylation sites is 1.